The van der Waals surface area contributed by atoms with E-state index >= 15 is 0 Å². The van der Waals surface area contributed by atoms with Gasteiger partial charge in [-0.3, -0.25) is 0 Å². The lowest BCUT2D eigenvalue weighted by molar-refractivity contribution is 0.0519. The molecule has 0 radical (unpaired) electrons. The Bertz CT molecular complexity index is 590. The Kier molecular flexibility index (Phi) is 3.94. The lowest BCUT2D eigenvalue weighted by Crippen LogP contribution is -2.05. The second kappa shape index (κ2) is 5.65. The second-order valence-corrected chi connectivity index (χ2v) is 4.45. The quantitative estimate of drug-likeness (QED) is 0.789. The van der Waals surface area contributed by atoms with E-state index in [-0.39, 0.29) is 5.69 Å². The maximum Gasteiger partial charge on any atom is 0.360 e. The summed E-state index contributed by atoms with van der Waals surface area (Å²) in [6, 6.07) is 6.26. The third-order valence-corrected chi connectivity index (χ3v) is 2.86. The maximum atomic E-state index is 11.5. The average molecular weight is 259 g/mol. The highest BCUT2D eigenvalue weighted by Crippen LogP contribution is 2.12. The molecule has 2 rings (SSSR count). The minimum Gasteiger partial charge on any atom is -0.461 e. The lowest BCUT2D eigenvalue weighted by Gasteiger charge is -2.06. The van der Waals surface area contributed by atoms with E-state index in [1.807, 2.05) is 6.92 Å². The number of aryl methyl sites for hydroxylation is 2. The maximum absolute atomic E-state index is 11.5. The Morgan fingerprint density at radius 1 is 1.37 bits per heavy atom. The molecular formula is C14H17N3O2. The van der Waals surface area contributed by atoms with Crippen LogP contribution in [0.3, 0.4) is 0 Å². The number of esters is 1. The zero-order chi connectivity index (χ0) is 13.8. The minimum absolute atomic E-state index is 0.243. The summed E-state index contributed by atoms with van der Waals surface area (Å²) in [6.07, 6.45) is 1.61. The number of nitrogens with zero attached hydrogens (tertiary/aromatic N) is 3. The van der Waals surface area contributed by atoms with Gasteiger partial charge >= 0.3 is 5.97 Å². The molecule has 2 aromatic rings. The summed E-state index contributed by atoms with van der Waals surface area (Å²) < 4.78 is 6.53. The molecule has 1 aromatic carbocycles. The van der Waals surface area contributed by atoms with Crippen molar-refractivity contribution in [3.63, 3.8) is 0 Å². The van der Waals surface area contributed by atoms with Crippen molar-refractivity contribution < 1.29 is 9.53 Å². The van der Waals surface area contributed by atoms with Crippen LogP contribution in [0.5, 0.6) is 0 Å². The van der Waals surface area contributed by atoms with Crippen molar-refractivity contribution in [2.45, 2.75) is 27.3 Å². The largest absolute Gasteiger partial charge is 0.461 e. The van der Waals surface area contributed by atoms with E-state index in [0.29, 0.717) is 13.2 Å². The van der Waals surface area contributed by atoms with Crippen molar-refractivity contribution in [3.8, 4) is 0 Å². The molecule has 0 atom stereocenters. The number of carbonyl (C=O) groups excluding carboxylic acids is 1. The van der Waals surface area contributed by atoms with Crippen LogP contribution < -0.4 is 0 Å². The number of benzene rings is 1. The third kappa shape index (κ3) is 3.19. The summed E-state index contributed by atoms with van der Waals surface area (Å²) in [6.45, 7) is 6.80. The first-order chi connectivity index (χ1) is 9.10. The van der Waals surface area contributed by atoms with Crippen molar-refractivity contribution in [2.75, 3.05) is 6.61 Å². The molecule has 0 saturated heterocycles. The molecule has 0 aliphatic carbocycles. The average Bonchev–Trinajstić information content (AvgIpc) is 2.83. The molecule has 100 valence electrons. The standard InChI is InChI=1S/C14H17N3O2/c1-4-19-14(18)13-9-17(16-15-13)8-12-7-10(2)5-6-11(12)3/h5-7,9H,4,8H2,1-3H3. The van der Waals surface area contributed by atoms with Gasteiger partial charge in [-0.15, -0.1) is 5.10 Å². The molecule has 5 heteroatoms. The monoisotopic (exact) mass is 259 g/mol. The fourth-order valence-electron chi connectivity index (χ4n) is 1.82. The number of hydrogen-bond donors (Lipinski definition) is 0. The molecule has 0 N–H and O–H groups in total. The van der Waals surface area contributed by atoms with Gasteiger partial charge in [0.1, 0.15) is 0 Å². The topological polar surface area (TPSA) is 57.0 Å². The van der Waals surface area contributed by atoms with Gasteiger partial charge in [0.15, 0.2) is 5.69 Å². The van der Waals surface area contributed by atoms with Crippen LogP contribution >= 0.6 is 0 Å². The molecule has 0 fully saturated rings. The Morgan fingerprint density at radius 2 is 2.16 bits per heavy atom. The minimum atomic E-state index is -0.435. The predicted octanol–water partition coefficient (Wildman–Crippen LogP) is 2.12. The first-order valence-electron chi connectivity index (χ1n) is 6.23. The fourth-order valence-corrected chi connectivity index (χ4v) is 1.82. The van der Waals surface area contributed by atoms with E-state index in [4.69, 9.17) is 4.74 Å². The van der Waals surface area contributed by atoms with Crippen LogP contribution in [-0.2, 0) is 11.3 Å². The summed E-state index contributed by atoms with van der Waals surface area (Å²) in [7, 11) is 0. The number of hydrogen-bond acceptors (Lipinski definition) is 4. The molecule has 1 aromatic heterocycles. The van der Waals surface area contributed by atoms with E-state index in [1.54, 1.807) is 17.8 Å². The molecule has 0 spiro atoms. The molecule has 0 aliphatic heterocycles. The molecule has 1 heterocycles. The van der Waals surface area contributed by atoms with Crippen LogP contribution in [0.4, 0.5) is 0 Å². The summed E-state index contributed by atoms with van der Waals surface area (Å²) in [5, 5.41) is 7.77. The van der Waals surface area contributed by atoms with Crippen LogP contribution in [0.2, 0.25) is 0 Å². The Labute approximate surface area is 112 Å². The highest BCUT2D eigenvalue weighted by Gasteiger charge is 2.12. The highest BCUT2D eigenvalue weighted by molar-refractivity contribution is 5.86. The van der Waals surface area contributed by atoms with Gasteiger partial charge in [0, 0.05) is 0 Å². The summed E-state index contributed by atoms with van der Waals surface area (Å²) in [5.74, 6) is -0.435. The molecule has 0 unspecified atom stereocenters. The van der Waals surface area contributed by atoms with E-state index < -0.39 is 5.97 Å². The summed E-state index contributed by atoms with van der Waals surface area (Å²) >= 11 is 0. The number of ether oxygens (including phenoxy) is 1. The Hall–Kier alpha value is -2.17. The van der Waals surface area contributed by atoms with Crippen LogP contribution in [-0.4, -0.2) is 27.6 Å². The number of aromatic nitrogens is 3. The van der Waals surface area contributed by atoms with Crippen LogP contribution in [0.1, 0.15) is 34.1 Å². The van der Waals surface area contributed by atoms with Gasteiger partial charge in [0.2, 0.25) is 0 Å². The summed E-state index contributed by atoms with van der Waals surface area (Å²) in [5.41, 5.74) is 3.80. The number of carbonyl (C=O) groups is 1. The van der Waals surface area contributed by atoms with E-state index in [0.717, 1.165) is 0 Å². The van der Waals surface area contributed by atoms with Crippen molar-refractivity contribution >= 4 is 5.97 Å². The van der Waals surface area contributed by atoms with Gasteiger partial charge in [0.05, 0.1) is 19.3 Å². The molecule has 5 nitrogen and oxygen atoms in total. The molecule has 0 saturated carbocycles. The highest BCUT2D eigenvalue weighted by atomic mass is 16.5. The SMILES string of the molecule is CCOC(=O)c1cn(Cc2cc(C)ccc2C)nn1. The molecule has 19 heavy (non-hydrogen) atoms. The smallest absolute Gasteiger partial charge is 0.360 e. The van der Waals surface area contributed by atoms with Gasteiger partial charge in [-0.1, -0.05) is 29.0 Å². The van der Waals surface area contributed by atoms with E-state index in [2.05, 4.69) is 35.4 Å². The van der Waals surface area contributed by atoms with Gasteiger partial charge in [-0.05, 0) is 31.9 Å². The third-order valence-electron chi connectivity index (χ3n) is 2.86. The van der Waals surface area contributed by atoms with E-state index in [9.17, 15) is 4.79 Å². The molecule has 0 aliphatic rings. The van der Waals surface area contributed by atoms with Gasteiger partial charge in [-0.25, -0.2) is 9.48 Å². The van der Waals surface area contributed by atoms with Gasteiger partial charge in [-0.2, -0.15) is 0 Å². The van der Waals surface area contributed by atoms with Gasteiger partial charge in [0.25, 0.3) is 0 Å². The predicted molar refractivity (Wildman–Crippen MR) is 71.0 cm³/mol. The number of rotatable bonds is 4. The fraction of sp³-hybridized carbons (Fsp3) is 0.357. The molecular weight excluding hydrogens is 242 g/mol. The zero-order valence-electron chi connectivity index (χ0n) is 11.4. The second-order valence-electron chi connectivity index (χ2n) is 4.45. The van der Waals surface area contributed by atoms with Crippen molar-refractivity contribution in [3.05, 3.63) is 46.8 Å². The van der Waals surface area contributed by atoms with Crippen LogP contribution in [0.15, 0.2) is 24.4 Å². The molecule has 0 amide bonds. The van der Waals surface area contributed by atoms with Crippen molar-refractivity contribution in [2.24, 2.45) is 0 Å². The summed E-state index contributed by atoms with van der Waals surface area (Å²) in [4.78, 5) is 11.5. The van der Waals surface area contributed by atoms with Crippen molar-refractivity contribution in [1.29, 1.82) is 0 Å². The Balaban J connectivity index is 2.15. The lowest BCUT2D eigenvalue weighted by atomic mass is 10.1. The van der Waals surface area contributed by atoms with Gasteiger partial charge < -0.3 is 4.74 Å². The zero-order valence-corrected chi connectivity index (χ0v) is 11.4. The van der Waals surface area contributed by atoms with Crippen LogP contribution in [0.25, 0.3) is 0 Å². The van der Waals surface area contributed by atoms with E-state index in [1.165, 1.54) is 16.7 Å². The normalized spacial score (nSPS) is 10.5. The van der Waals surface area contributed by atoms with Crippen molar-refractivity contribution in [1.82, 2.24) is 15.0 Å². The molecule has 0 bridgehead atoms. The van der Waals surface area contributed by atoms with Crippen LogP contribution in [0, 0.1) is 13.8 Å². The first-order valence-corrected chi connectivity index (χ1v) is 6.23. The first kappa shape index (κ1) is 13.3. The Morgan fingerprint density at radius 3 is 2.89 bits per heavy atom.